The van der Waals surface area contributed by atoms with Gasteiger partial charge in [0.25, 0.3) is 0 Å². The largest absolute Gasteiger partial charge is 0.324 e. The van der Waals surface area contributed by atoms with Crippen molar-refractivity contribution >= 4 is 57.8 Å². The highest BCUT2D eigenvalue weighted by Gasteiger charge is 2.10. The molecule has 1 N–H and O–H groups in total. The second kappa shape index (κ2) is 6.20. The highest BCUT2D eigenvalue weighted by atomic mass is 35.5. The molecule has 0 aliphatic carbocycles. The Kier molecular flexibility index (Phi) is 4.31. The van der Waals surface area contributed by atoms with Crippen LogP contribution in [-0.4, -0.2) is 9.97 Å². The lowest BCUT2D eigenvalue weighted by atomic mass is 10.2. The molecule has 0 amide bonds. The number of anilines is 2. The second-order valence-corrected chi connectivity index (χ2v) is 6.86. The van der Waals surface area contributed by atoms with E-state index in [1.54, 1.807) is 30.5 Å². The molecule has 0 radical (unpaired) electrons. The lowest BCUT2D eigenvalue weighted by Gasteiger charge is -2.06. The van der Waals surface area contributed by atoms with Gasteiger partial charge in [0.15, 0.2) is 0 Å². The summed E-state index contributed by atoms with van der Waals surface area (Å²) in [4.78, 5) is 8.63. The van der Waals surface area contributed by atoms with Crippen LogP contribution in [0.5, 0.6) is 0 Å². The fourth-order valence-corrected chi connectivity index (χ4v) is 3.35. The molecule has 3 aromatic rings. The molecule has 0 aliphatic rings. The normalized spacial score (nSPS) is 10.6. The van der Waals surface area contributed by atoms with Crippen LogP contribution in [0.2, 0.25) is 13.7 Å². The summed E-state index contributed by atoms with van der Waals surface area (Å²) in [5, 5.41) is 3.79. The average molecular weight is 357 g/mol. The van der Waals surface area contributed by atoms with Crippen LogP contribution < -0.4 is 5.32 Å². The summed E-state index contributed by atoms with van der Waals surface area (Å²) in [6.45, 7) is 0. The summed E-state index contributed by atoms with van der Waals surface area (Å²) in [5.74, 6) is 0.480. The van der Waals surface area contributed by atoms with Gasteiger partial charge >= 0.3 is 0 Å². The minimum absolute atomic E-state index is 0.480. The van der Waals surface area contributed by atoms with Gasteiger partial charge in [0.1, 0.15) is 4.34 Å². The van der Waals surface area contributed by atoms with Crippen LogP contribution >= 0.6 is 46.1 Å². The first-order valence-electron chi connectivity index (χ1n) is 5.92. The number of nitrogens with one attached hydrogen (secondary N) is 1. The molecule has 0 unspecified atom stereocenters. The van der Waals surface area contributed by atoms with Gasteiger partial charge in [-0.1, -0.05) is 34.8 Å². The van der Waals surface area contributed by atoms with Gasteiger partial charge in [0, 0.05) is 22.5 Å². The summed E-state index contributed by atoms with van der Waals surface area (Å²) in [6, 6.07) is 10.9. The van der Waals surface area contributed by atoms with E-state index in [1.807, 2.05) is 12.1 Å². The van der Waals surface area contributed by atoms with E-state index in [0.29, 0.717) is 19.6 Å². The summed E-state index contributed by atoms with van der Waals surface area (Å²) < 4.78 is 1.23. The molecule has 2 aromatic heterocycles. The van der Waals surface area contributed by atoms with Crippen molar-refractivity contribution in [1.82, 2.24) is 9.97 Å². The molecule has 1 aromatic carbocycles. The van der Waals surface area contributed by atoms with E-state index in [1.165, 1.54) is 11.3 Å². The molecule has 0 atom stereocenters. The van der Waals surface area contributed by atoms with E-state index >= 15 is 0 Å². The molecular weight excluding hydrogens is 349 g/mol. The van der Waals surface area contributed by atoms with Crippen molar-refractivity contribution in [3.63, 3.8) is 0 Å². The molecule has 21 heavy (non-hydrogen) atoms. The number of nitrogens with zero attached hydrogens (tertiary/aromatic N) is 2. The Morgan fingerprint density at radius 3 is 2.43 bits per heavy atom. The number of halogens is 3. The predicted octanol–water partition coefficient (Wildman–Crippen LogP) is 5.91. The highest BCUT2D eigenvalue weighted by Crippen LogP contribution is 2.37. The Bertz CT molecular complexity index is 771. The quantitative estimate of drug-likeness (QED) is 0.634. The molecule has 0 saturated carbocycles. The standard InChI is InChI=1S/C14H8Cl3N3S/c15-8-1-3-9(4-2-8)19-14-18-6-5-11(20-14)10-7-12(16)21-13(10)17/h1-7H,(H,18,19,20). The van der Waals surface area contributed by atoms with Gasteiger partial charge in [-0.3, -0.25) is 0 Å². The Balaban J connectivity index is 1.89. The van der Waals surface area contributed by atoms with Crippen LogP contribution in [0.1, 0.15) is 0 Å². The molecule has 3 nitrogen and oxygen atoms in total. The topological polar surface area (TPSA) is 37.8 Å². The third kappa shape index (κ3) is 3.47. The molecule has 0 spiro atoms. The number of hydrogen-bond donors (Lipinski definition) is 1. The summed E-state index contributed by atoms with van der Waals surface area (Å²) >= 11 is 19.3. The smallest absolute Gasteiger partial charge is 0.227 e. The number of benzene rings is 1. The molecule has 0 bridgehead atoms. The second-order valence-electron chi connectivity index (χ2n) is 4.14. The summed E-state index contributed by atoms with van der Waals surface area (Å²) in [6.07, 6.45) is 1.67. The van der Waals surface area contributed by atoms with Crippen molar-refractivity contribution in [3.05, 3.63) is 56.3 Å². The Morgan fingerprint density at radius 1 is 1.00 bits per heavy atom. The van der Waals surface area contributed by atoms with Crippen LogP contribution in [0.3, 0.4) is 0 Å². The molecular formula is C14H8Cl3N3S. The third-order valence-corrected chi connectivity index (χ3v) is 4.43. The zero-order valence-electron chi connectivity index (χ0n) is 10.5. The van der Waals surface area contributed by atoms with Crippen molar-refractivity contribution in [3.8, 4) is 11.3 Å². The van der Waals surface area contributed by atoms with Gasteiger partial charge in [0.05, 0.1) is 10.0 Å². The lowest BCUT2D eigenvalue weighted by molar-refractivity contribution is 1.17. The van der Waals surface area contributed by atoms with Crippen LogP contribution in [0.4, 0.5) is 11.6 Å². The molecule has 7 heteroatoms. The van der Waals surface area contributed by atoms with E-state index in [0.717, 1.165) is 16.9 Å². The first kappa shape index (κ1) is 14.6. The fourth-order valence-electron chi connectivity index (χ4n) is 1.75. The molecule has 0 aliphatic heterocycles. The van der Waals surface area contributed by atoms with Gasteiger partial charge in [-0.2, -0.15) is 0 Å². The van der Waals surface area contributed by atoms with E-state index in [9.17, 15) is 0 Å². The van der Waals surface area contributed by atoms with Crippen molar-refractivity contribution in [2.45, 2.75) is 0 Å². The van der Waals surface area contributed by atoms with Gasteiger partial charge in [-0.05, 0) is 36.4 Å². The maximum absolute atomic E-state index is 6.15. The SMILES string of the molecule is Clc1ccc(Nc2nccc(-c3cc(Cl)sc3Cl)n2)cc1. The zero-order chi connectivity index (χ0) is 14.8. The van der Waals surface area contributed by atoms with E-state index in [2.05, 4.69) is 15.3 Å². The maximum Gasteiger partial charge on any atom is 0.227 e. The van der Waals surface area contributed by atoms with Crippen molar-refractivity contribution in [2.75, 3.05) is 5.32 Å². The monoisotopic (exact) mass is 355 g/mol. The Labute approximate surface area is 140 Å². The maximum atomic E-state index is 6.15. The molecule has 0 saturated heterocycles. The Hall–Kier alpha value is -1.33. The van der Waals surface area contributed by atoms with Gasteiger partial charge in [-0.25, -0.2) is 9.97 Å². The Morgan fingerprint density at radius 2 is 1.76 bits per heavy atom. The van der Waals surface area contributed by atoms with Crippen LogP contribution in [0.15, 0.2) is 42.6 Å². The van der Waals surface area contributed by atoms with E-state index < -0.39 is 0 Å². The minimum Gasteiger partial charge on any atom is -0.324 e. The number of aromatic nitrogens is 2. The predicted molar refractivity (Wildman–Crippen MR) is 90.1 cm³/mol. The van der Waals surface area contributed by atoms with Crippen molar-refractivity contribution < 1.29 is 0 Å². The number of thiophene rings is 1. The lowest BCUT2D eigenvalue weighted by Crippen LogP contribution is -1.97. The first-order valence-corrected chi connectivity index (χ1v) is 7.88. The minimum atomic E-state index is 0.480. The molecule has 0 fully saturated rings. The van der Waals surface area contributed by atoms with Gasteiger partial charge < -0.3 is 5.32 Å². The summed E-state index contributed by atoms with van der Waals surface area (Å²) in [7, 11) is 0. The van der Waals surface area contributed by atoms with E-state index in [-0.39, 0.29) is 0 Å². The van der Waals surface area contributed by atoms with Crippen LogP contribution in [0, 0.1) is 0 Å². The average Bonchev–Trinajstić information content (AvgIpc) is 2.81. The van der Waals surface area contributed by atoms with Crippen molar-refractivity contribution in [2.24, 2.45) is 0 Å². The van der Waals surface area contributed by atoms with Gasteiger partial charge in [-0.15, -0.1) is 11.3 Å². The fraction of sp³-hybridized carbons (Fsp3) is 0. The molecule has 3 rings (SSSR count). The highest BCUT2D eigenvalue weighted by molar-refractivity contribution is 7.20. The first-order chi connectivity index (χ1) is 10.1. The molecule has 2 heterocycles. The van der Waals surface area contributed by atoms with Crippen LogP contribution in [-0.2, 0) is 0 Å². The zero-order valence-corrected chi connectivity index (χ0v) is 13.6. The third-order valence-electron chi connectivity index (χ3n) is 2.69. The van der Waals surface area contributed by atoms with Gasteiger partial charge in [0.2, 0.25) is 5.95 Å². The van der Waals surface area contributed by atoms with Crippen LogP contribution in [0.25, 0.3) is 11.3 Å². The number of rotatable bonds is 3. The molecule has 106 valence electrons. The van der Waals surface area contributed by atoms with Crippen molar-refractivity contribution in [1.29, 1.82) is 0 Å². The van der Waals surface area contributed by atoms with E-state index in [4.69, 9.17) is 34.8 Å². The number of hydrogen-bond acceptors (Lipinski definition) is 4. The summed E-state index contributed by atoms with van der Waals surface area (Å²) in [5.41, 5.74) is 2.37.